The molecule has 4 N–H and O–H groups in total. The van der Waals surface area contributed by atoms with E-state index in [2.05, 4.69) is 48.0 Å². The van der Waals surface area contributed by atoms with Gasteiger partial charge in [-0.25, -0.2) is 0 Å². The average Bonchev–Trinajstić information content (AvgIpc) is 2.42. The Bertz CT molecular complexity index is 531. The summed E-state index contributed by atoms with van der Waals surface area (Å²) in [6.07, 6.45) is 2.87. The number of hydrogen-bond donors (Lipinski definition) is 2. The van der Waals surface area contributed by atoms with Crippen molar-refractivity contribution in [3.63, 3.8) is 0 Å². The molecular formula is C16H21N2P2+. The summed E-state index contributed by atoms with van der Waals surface area (Å²) in [5.41, 5.74) is 16.8. The Morgan fingerprint density at radius 1 is 0.900 bits per heavy atom. The summed E-state index contributed by atoms with van der Waals surface area (Å²) in [6, 6.07) is 13.3. The highest BCUT2D eigenvalue weighted by molar-refractivity contribution is 8.16. The molecule has 4 rings (SSSR count). The second-order valence-corrected chi connectivity index (χ2v) is 10.2. The lowest BCUT2D eigenvalue weighted by Gasteiger charge is -2.17. The van der Waals surface area contributed by atoms with Crippen molar-refractivity contribution in [2.24, 2.45) is 11.5 Å². The van der Waals surface area contributed by atoms with E-state index in [0.29, 0.717) is 0 Å². The molecule has 0 saturated heterocycles. The summed E-state index contributed by atoms with van der Waals surface area (Å²) in [6.45, 7) is 0. The van der Waals surface area contributed by atoms with Gasteiger partial charge in [-0.1, -0.05) is 24.3 Å². The number of nitrogens with two attached hydrogens (primary N) is 2. The normalized spacial score (nSPS) is 24.8. The summed E-state index contributed by atoms with van der Waals surface area (Å²) in [5.74, 6) is 4.96. The third-order valence-corrected chi connectivity index (χ3v) is 8.31. The molecule has 104 valence electrons. The number of benzene rings is 1. The maximum atomic E-state index is 6.37. The average molecular weight is 303 g/mol. The van der Waals surface area contributed by atoms with Crippen LogP contribution < -0.4 is 11.5 Å². The standard InChI is InChI=1S/C16H21N2P2/c17-15-9-12-5-7-20(8-6-12)19-16(18)11-14-4-2-1-3-13(14)10-15/h1-8,15-16,19H,9-11,17-18H2/q+1. The first kappa shape index (κ1) is 14.2. The molecule has 0 radical (unpaired) electrons. The van der Waals surface area contributed by atoms with Crippen LogP contribution in [0.15, 0.2) is 48.0 Å². The summed E-state index contributed by atoms with van der Waals surface area (Å²) < 4.78 is 0. The Balaban J connectivity index is 1.95. The van der Waals surface area contributed by atoms with Gasteiger partial charge in [0.25, 0.3) is 0 Å². The summed E-state index contributed by atoms with van der Waals surface area (Å²) >= 11 is 0. The van der Waals surface area contributed by atoms with Gasteiger partial charge in [-0.05, 0) is 48.1 Å². The van der Waals surface area contributed by atoms with E-state index in [9.17, 15) is 0 Å². The zero-order valence-corrected chi connectivity index (χ0v) is 13.4. The van der Waals surface area contributed by atoms with Crippen LogP contribution in [0.1, 0.15) is 16.7 Å². The van der Waals surface area contributed by atoms with E-state index in [-0.39, 0.29) is 19.0 Å². The molecule has 2 nitrogen and oxygen atoms in total. The minimum absolute atomic E-state index is 0.159. The van der Waals surface area contributed by atoms with Gasteiger partial charge in [-0.2, -0.15) is 0 Å². The van der Waals surface area contributed by atoms with E-state index in [1.54, 1.807) is 0 Å². The highest BCUT2D eigenvalue weighted by Gasteiger charge is 2.18. The molecule has 0 aliphatic carbocycles. The van der Waals surface area contributed by atoms with Gasteiger partial charge in [-0.3, -0.25) is 0 Å². The first-order chi connectivity index (χ1) is 9.70. The fourth-order valence-electron chi connectivity index (χ4n) is 2.77. The molecule has 2 aliphatic rings. The Morgan fingerprint density at radius 2 is 1.55 bits per heavy atom. The topological polar surface area (TPSA) is 52.0 Å². The monoisotopic (exact) mass is 303 g/mol. The van der Waals surface area contributed by atoms with Gasteiger partial charge in [0.05, 0.1) is 5.78 Å². The van der Waals surface area contributed by atoms with Crippen LogP contribution in [-0.4, -0.2) is 11.8 Å². The SMILES string of the molecule is NC1Cc2cc[p+](cc2)PC(N)Cc2ccccc2C1. The van der Waals surface area contributed by atoms with E-state index < -0.39 is 0 Å². The molecule has 20 heavy (non-hydrogen) atoms. The lowest BCUT2D eigenvalue weighted by molar-refractivity contribution is 0.659. The highest BCUT2D eigenvalue weighted by atomic mass is 32.0. The van der Waals surface area contributed by atoms with Crippen molar-refractivity contribution in [3.8, 4) is 0 Å². The minimum atomic E-state index is -0.159. The van der Waals surface area contributed by atoms with Crippen LogP contribution in [0.4, 0.5) is 0 Å². The van der Waals surface area contributed by atoms with Crippen molar-refractivity contribution >= 4 is 15.5 Å². The fourth-order valence-corrected chi connectivity index (χ4v) is 6.82. The van der Waals surface area contributed by atoms with Crippen LogP contribution in [-0.2, 0) is 19.3 Å². The molecule has 2 aromatic rings. The van der Waals surface area contributed by atoms with Crippen molar-refractivity contribution < 1.29 is 0 Å². The highest BCUT2D eigenvalue weighted by Crippen LogP contribution is 2.49. The van der Waals surface area contributed by atoms with Crippen LogP contribution >= 0.6 is 15.5 Å². The molecular weight excluding hydrogens is 282 g/mol. The Kier molecular flexibility index (Phi) is 4.48. The zero-order chi connectivity index (χ0) is 13.9. The van der Waals surface area contributed by atoms with E-state index in [4.69, 9.17) is 11.5 Å². The van der Waals surface area contributed by atoms with Gasteiger partial charge in [0, 0.05) is 6.04 Å². The quantitative estimate of drug-likeness (QED) is 0.733. The van der Waals surface area contributed by atoms with E-state index in [0.717, 1.165) is 27.5 Å². The van der Waals surface area contributed by atoms with E-state index >= 15 is 0 Å². The van der Waals surface area contributed by atoms with Crippen molar-refractivity contribution in [3.05, 3.63) is 64.7 Å². The van der Waals surface area contributed by atoms with Crippen LogP contribution in [0.25, 0.3) is 0 Å². The second kappa shape index (κ2) is 6.33. The third kappa shape index (κ3) is 3.45. The summed E-state index contributed by atoms with van der Waals surface area (Å²) in [7, 11) is 0.651. The Hall–Kier alpha value is -0.780. The molecule has 4 heteroatoms. The Morgan fingerprint density at radius 3 is 2.25 bits per heavy atom. The first-order valence-electron chi connectivity index (χ1n) is 7.05. The number of hydrogen-bond acceptors (Lipinski definition) is 2. The van der Waals surface area contributed by atoms with Gasteiger partial charge in [0.2, 0.25) is 0 Å². The van der Waals surface area contributed by atoms with E-state index in [1.165, 1.54) is 16.7 Å². The van der Waals surface area contributed by atoms with Crippen LogP contribution in [0.3, 0.4) is 0 Å². The molecule has 3 heterocycles. The smallest absolute Gasteiger partial charge is 0.141 e. The van der Waals surface area contributed by atoms with Gasteiger partial charge in [-0.15, -0.1) is 0 Å². The van der Waals surface area contributed by atoms with Crippen molar-refractivity contribution in [1.82, 2.24) is 0 Å². The Labute approximate surface area is 123 Å². The van der Waals surface area contributed by atoms with Gasteiger partial charge in [0.15, 0.2) is 0 Å². The molecule has 1 aromatic heterocycles. The van der Waals surface area contributed by atoms with Crippen molar-refractivity contribution in [2.75, 3.05) is 0 Å². The largest absolute Gasteiger partial charge is 0.327 e. The van der Waals surface area contributed by atoms with Crippen molar-refractivity contribution in [1.29, 1.82) is 0 Å². The van der Waals surface area contributed by atoms with Gasteiger partial charge < -0.3 is 11.5 Å². The third-order valence-electron chi connectivity index (χ3n) is 3.75. The number of fused-ring (bicyclic) bond motifs is 6. The molecule has 1 aromatic carbocycles. The van der Waals surface area contributed by atoms with Crippen LogP contribution in [0.2, 0.25) is 0 Å². The molecule has 3 atom stereocenters. The van der Waals surface area contributed by atoms with Crippen LogP contribution in [0.5, 0.6) is 0 Å². The maximum absolute atomic E-state index is 6.37. The van der Waals surface area contributed by atoms with Gasteiger partial charge >= 0.3 is 0 Å². The predicted octanol–water partition coefficient (Wildman–Crippen LogP) is 3.35. The molecule has 3 unspecified atom stereocenters. The van der Waals surface area contributed by atoms with Crippen molar-refractivity contribution in [2.45, 2.75) is 31.1 Å². The zero-order valence-electron chi connectivity index (χ0n) is 11.5. The first-order valence-corrected chi connectivity index (χ1v) is 10.5. The predicted molar refractivity (Wildman–Crippen MR) is 90.8 cm³/mol. The summed E-state index contributed by atoms with van der Waals surface area (Å²) in [5, 5.41) is 0. The van der Waals surface area contributed by atoms with Crippen LogP contribution in [0, 0.1) is 0 Å². The molecule has 2 bridgehead atoms. The number of rotatable bonds is 0. The summed E-state index contributed by atoms with van der Waals surface area (Å²) in [4.78, 5) is 0. The minimum Gasteiger partial charge on any atom is -0.327 e. The molecule has 2 aliphatic heterocycles. The fraction of sp³-hybridized carbons (Fsp3) is 0.312. The maximum Gasteiger partial charge on any atom is 0.141 e. The molecule has 0 spiro atoms. The molecule has 0 fully saturated rings. The second-order valence-electron chi connectivity index (χ2n) is 5.49. The molecule has 0 amide bonds. The lowest BCUT2D eigenvalue weighted by Crippen LogP contribution is -2.27. The van der Waals surface area contributed by atoms with Gasteiger partial charge in [0.1, 0.15) is 27.1 Å². The van der Waals surface area contributed by atoms with E-state index in [1.807, 2.05) is 0 Å². The lowest BCUT2D eigenvalue weighted by atomic mass is 9.95. The molecule has 0 saturated carbocycles.